The number of carbonyl (C=O) groups is 2. The second-order valence-corrected chi connectivity index (χ2v) is 9.52. The van der Waals surface area contributed by atoms with Gasteiger partial charge in [-0.1, -0.05) is 12.1 Å². The van der Waals surface area contributed by atoms with Gasteiger partial charge in [-0.15, -0.1) is 23.1 Å². The number of amides is 2. The van der Waals surface area contributed by atoms with Crippen molar-refractivity contribution in [3.05, 3.63) is 29.3 Å². The van der Waals surface area contributed by atoms with Gasteiger partial charge in [-0.25, -0.2) is 9.78 Å². The van der Waals surface area contributed by atoms with Crippen molar-refractivity contribution in [2.24, 2.45) is 0 Å². The average molecular weight is 408 g/mol. The molecule has 2 aromatic rings. The minimum Gasteiger partial charge on any atom is -0.444 e. The van der Waals surface area contributed by atoms with Gasteiger partial charge in [-0.3, -0.25) is 4.79 Å². The van der Waals surface area contributed by atoms with Gasteiger partial charge in [0.2, 0.25) is 5.91 Å². The lowest BCUT2D eigenvalue weighted by Crippen LogP contribution is -2.52. The summed E-state index contributed by atoms with van der Waals surface area (Å²) in [7, 11) is 0. The first-order chi connectivity index (χ1) is 12.8. The molecule has 2 heterocycles. The fourth-order valence-electron chi connectivity index (χ4n) is 2.76. The molecule has 0 bridgehead atoms. The zero-order valence-corrected chi connectivity index (χ0v) is 17.6. The lowest BCUT2D eigenvalue weighted by molar-refractivity contribution is -0.130. The topological polar surface area (TPSA) is 62.7 Å². The van der Waals surface area contributed by atoms with Crippen LogP contribution in [-0.4, -0.2) is 64.3 Å². The molecule has 0 saturated carbocycles. The number of fused-ring (bicyclic) bond motifs is 1. The normalized spacial score (nSPS) is 15.2. The van der Waals surface area contributed by atoms with E-state index in [9.17, 15) is 9.59 Å². The van der Waals surface area contributed by atoms with Crippen LogP contribution in [0.1, 0.15) is 25.8 Å². The van der Waals surface area contributed by atoms with Crippen LogP contribution in [-0.2, 0) is 15.3 Å². The first-order valence-electron chi connectivity index (χ1n) is 9.00. The van der Waals surface area contributed by atoms with Crippen LogP contribution in [0.15, 0.2) is 24.3 Å². The average Bonchev–Trinajstić information content (AvgIpc) is 3.03. The Kier molecular flexibility index (Phi) is 6.26. The molecule has 0 aliphatic carbocycles. The van der Waals surface area contributed by atoms with Gasteiger partial charge in [0, 0.05) is 31.9 Å². The molecule has 1 aliphatic rings. The largest absolute Gasteiger partial charge is 0.444 e. The summed E-state index contributed by atoms with van der Waals surface area (Å²) in [6, 6.07) is 8.07. The van der Waals surface area contributed by atoms with E-state index in [1.54, 1.807) is 28.0 Å². The Balaban J connectivity index is 1.41. The van der Waals surface area contributed by atoms with Crippen molar-refractivity contribution in [3.63, 3.8) is 0 Å². The molecule has 1 aliphatic heterocycles. The molecule has 27 heavy (non-hydrogen) atoms. The summed E-state index contributed by atoms with van der Waals surface area (Å²) in [4.78, 5) is 32.6. The monoisotopic (exact) mass is 407 g/mol. The number of rotatable bonds is 4. The molecular formula is C19H25N3O3S2. The van der Waals surface area contributed by atoms with E-state index >= 15 is 0 Å². The summed E-state index contributed by atoms with van der Waals surface area (Å²) in [5, 5.41) is 1.05. The van der Waals surface area contributed by atoms with Crippen molar-refractivity contribution in [1.29, 1.82) is 0 Å². The van der Waals surface area contributed by atoms with Gasteiger partial charge < -0.3 is 14.5 Å². The van der Waals surface area contributed by atoms with E-state index in [0.717, 1.165) is 16.3 Å². The lowest BCUT2D eigenvalue weighted by Gasteiger charge is -2.35. The molecule has 0 N–H and O–H groups in total. The molecule has 6 nitrogen and oxygen atoms in total. The standard InChI is InChI=1S/C19H25N3O3S2/c1-19(2,3)25-18(24)22-10-8-21(9-11-22)17(23)13-26-12-16-20-14-6-4-5-7-15(14)27-16/h4-7H,8-13H2,1-3H3. The van der Waals surface area contributed by atoms with Gasteiger partial charge >= 0.3 is 6.09 Å². The van der Waals surface area contributed by atoms with Crippen molar-refractivity contribution in [3.8, 4) is 0 Å². The minimum absolute atomic E-state index is 0.116. The minimum atomic E-state index is -0.499. The summed E-state index contributed by atoms with van der Waals surface area (Å²) in [6.07, 6.45) is -0.306. The number of aromatic nitrogens is 1. The molecule has 146 valence electrons. The molecule has 1 fully saturated rings. The highest BCUT2D eigenvalue weighted by Gasteiger charge is 2.27. The van der Waals surface area contributed by atoms with E-state index in [1.807, 2.05) is 43.9 Å². The molecule has 0 spiro atoms. The zero-order valence-electron chi connectivity index (χ0n) is 15.9. The van der Waals surface area contributed by atoms with E-state index in [0.29, 0.717) is 31.9 Å². The van der Waals surface area contributed by atoms with E-state index < -0.39 is 5.60 Å². The summed E-state index contributed by atoms with van der Waals surface area (Å²) in [5.41, 5.74) is 0.518. The number of piperazine rings is 1. The van der Waals surface area contributed by atoms with Crippen molar-refractivity contribution in [2.45, 2.75) is 32.1 Å². The first kappa shape index (κ1) is 19.9. The van der Waals surface area contributed by atoms with Gasteiger partial charge in [0.15, 0.2) is 0 Å². The Morgan fingerprint density at radius 3 is 2.48 bits per heavy atom. The predicted molar refractivity (Wildman–Crippen MR) is 110 cm³/mol. The Labute approximate surface area is 167 Å². The maximum absolute atomic E-state index is 12.4. The maximum Gasteiger partial charge on any atom is 0.410 e. The summed E-state index contributed by atoms with van der Waals surface area (Å²) >= 11 is 3.27. The summed E-state index contributed by atoms with van der Waals surface area (Å²) < 4.78 is 6.56. The Morgan fingerprint density at radius 2 is 1.81 bits per heavy atom. The Morgan fingerprint density at radius 1 is 1.15 bits per heavy atom. The third-order valence-electron chi connectivity index (χ3n) is 4.07. The number of para-hydroxylation sites is 1. The van der Waals surface area contributed by atoms with Gasteiger partial charge in [-0.05, 0) is 32.9 Å². The van der Waals surface area contributed by atoms with Gasteiger partial charge in [0.05, 0.1) is 16.0 Å². The maximum atomic E-state index is 12.4. The predicted octanol–water partition coefficient (Wildman–Crippen LogP) is 3.61. The van der Waals surface area contributed by atoms with Crippen LogP contribution in [0.25, 0.3) is 10.2 Å². The smallest absolute Gasteiger partial charge is 0.410 e. The fraction of sp³-hybridized carbons (Fsp3) is 0.526. The molecule has 0 radical (unpaired) electrons. The third kappa shape index (κ3) is 5.59. The molecule has 8 heteroatoms. The first-order valence-corrected chi connectivity index (χ1v) is 11.0. The molecule has 2 amide bonds. The van der Waals surface area contributed by atoms with Crippen LogP contribution in [0.5, 0.6) is 0 Å². The lowest BCUT2D eigenvalue weighted by atomic mass is 10.2. The number of carbonyl (C=O) groups excluding carboxylic acids is 2. The van der Waals surface area contributed by atoms with Crippen LogP contribution in [0.2, 0.25) is 0 Å². The summed E-state index contributed by atoms with van der Waals surface area (Å²) in [5.74, 6) is 1.29. The fourth-order valence-corrected chi connectivity index (χ4v) is 4.71. The molecule has 0 atom stereocenters. The molecule has 1 saturated heterocycles. The van der Waals surface area contributed by atoms with Crippen molar-refractivity contribution < 1.29 is 14.3 Å². The van der Waals surface area contributed by atoms with Gasteiger partial charge in [0.25, 0.3) is 0 Å². The van der Waals surface area contributed by atoms with E-state index in [-0.39, 0.29) is 12.0 Å². The molecule has 1 aromatic carbocycles. The quantitative estimate of drug-likeness (QED) is 0.775. The van der Waals surface area contributed by atoms with Crippen LogP contribution >= 0.6 is 23.1 Å². The van der Waals surface area contributed by atoms with E-state index in [4.69, 9.17) is 4.74 Å². The molecular weight excluding hydrogens is 382 g/mol. The van der Waals surface area contributed by atoms with Crippen molar-refractivity contribution >= 4 is 45.3 Å². The highest BCUT2D eigenvalue weighted by molar-refractivity contribution is 7.99. The van der Waals surface area contributed by atoms with Crippen LogP contribution in [0, 0.1) is 0 Å². The van der Waals surface area contributed by atoms with Crippen molar-refractivity contribution in [1.82, 2.24) is 14.8 Å². The zero-order chi connectivity index (χ0) is 19.4. The third-order valence-corrected chi connectivity index (χ3v) is 6.22. The van der Waals surface area contributed by atoms with E-state index in [1.165, 1.54) is 4.70 Å². The number of thioether (sulfide) groups is 1. The van der Waals surface area contributed by atoms with Gasteiger partial charge in [0.1, 0.15) is 10.6 Å². The van der Waals surface area contributed by atoms with Crippen LogP contribution in [0.3, 0.4) is 0 Å². The Bertz CT molecular complexity index is 775. The highest BCUT2D eigenvalue weighted by atomic mass is 32.2. The van der Waals surface area contributed by atoms with Crippen molar-refractivity contribution in [2.75, 3.05) is 31.9 Å². The van der Waals surface area contributed by atoms with E-state index in [2.05, 4.69) is 11.1 Å². The number of hydrogen-bond acceptors (Lipinski definition) is 6. The Hall–Kier alpha value is -1.80. The number of benzene rings is 1. The number of nitrogens with zero attached hydrogens (tertiary/aromatic N) is 3. The highest BCUT2D eigenvalue weighted by Crippen LogP contribution is 2.25. The SMILES string of the molecule is CC(C)(C)OC(=O)N1CCN(C(=O)CSCc2nc3ccccc3s2)CC1. The van der Waals surface area contributed by atoms with Gasteiger partial charge in [-0.2, -0.15) is 0 Å². The number of hydrogen-bond donors (Lipinski definition) is 0. The van der Waals surface area contributed by atoms with Crippen LogP contribution < -0.4 is 0 Å². The molecule has 3 rings (SSSR count). The second kappa shape index (κ2) is 8.48. The molecule has 1 aromatic heterocycles. The second-order valence-electron chi connectivity index (χ2n) is 7.42. The number of thiazole rings is 1. The molecule has 0 unspecified atom stereocenters. The summed E-state index contributed by atoms with van der Waals surface area (Å²) in [6.45, 7) is 7.71. The van der Waals surface area contributed by atoms with Crippen LogP contribution in [0.4, 0.5) is 4.79 Å². The number of ether oxygens (including phenoxy) is 1.